The summed E-state index contributed by atoms with van der Waals surface area (Å²) in [5.41, 5.74) is 1.91. The number of sulfone groups is 1. The van der Waals surface area contributed by atoms with Gasteiger partial charge in [0, 0.05) is 11.8 Å². The van der Waals surface area contributed by atoms with E-state index in [4.69, 9.17) is 5.21 Å². The Balaban J connectivity index is 3.20. The number of oxime groups is 1. The maximum atomic E-state index is 11.6. The van der Waals surface area contributed by atoms with Crippen LogP contribution in [-0.2, 0) is 9.84 Å². The van der Waals surface area contributed by atoms with Crippen molar-refractivity contribution < 1.29 is 13.6 Å². The number of hydrogen-bond acceptors (Lipinski definition) is 4. The van der Waals surface area contributed by atoms with Crippen LogP contribution in [-0.4, -0.2) is 30.8 Å². The third kappa shape index (κ3) is 3.30. The van der Waals surface area contributed by atoms with Crippen LogP contribution in [0.2, 0.25) is 0 Å². The van der Waals surface area contributed by atoms with E-state index in [1.165, 1.54) is 0 Å². The maximum absolute atomic E-state index is 11.6. The summed E-state index contributed by atoms with van der Waals surface area (Å²) in [5, 5.41) is 11.4. The Kier molecular flexibility index (Phi) is 4.28. The molecule has 0 aliphatic heterocycles. The molecule has 94 valence electrons. The van der Waals surface area contributed by atoms with Crippen LogP contribution in [0.5, 0.6) is 0 Å². The summed E-state index contributed by atoms with van der Waals surface area (Å²) in [4.78, 5) is 0. The SMILES string of the molecule is CCC(C(=NO)c1ccc(C)cc1)S(C)(=O)=O. The van der Waals surface area contributed by atoms with Crippen molar-refractivity contribution >= 4 is 15.5 Å². The number of hydrogen-bond donors (Lipinski definition) is 1. The molecule has 1 rings (SSSR count). The summed E-state index contributed by atoms with van der Waals surface area (Å²) in [7, 11) is -3.28. The van der Waals surface area contributed by atoms with Crippen LogP contribution in [0, 0.1) is 6.92 Å². The maximum Gasteiger partial charge on any atom is 0.156 e. The van der Waals surface area contributed by atoms with Gasteiger partial charge in [-0.15, -0.1) is 0 Å². The molecule has 4 nitrogen and oxygen atoms in total. The van der Waals surface area contributed by atoms with Gasteiger partial charge < -0.3 is 5.21 Å². The molecule has 0 amide bonds. The van der Waals surface area contributed by atoms with Gasteiger partial charge >= 0.3 is 0 Å². The van der Waals surface area contributed by atoms with Crippen molar-refractivity contribution in [2.45, 2.75) is 25.5 Å². The Bertz CT molecular complexity index is 503. The Hall–Kier alpha value is -1.36. The summed E-state index contributed by atoms with van der Waals surface area (Å²) >= 11 is 0. The minimum atomic E-state index is -3.28. The predicted molar refractivity (Wildman–Crippen MR) is 68.4 cm³/mol. The van der Waals surface area contributed by atoms with Gasteiger partial charge in [-0.2, -0.15) is 0 Å². The van der Waals surface area contributed by atoms with Gasteiger partial charge in [0.25, 0.3) is 0 Å². The molecule has 5 heteroatoms. The predicted octanol–water partition coefficient (Wildman–Crippen LogP) is 2.00. The first-order valence-corrected chi connectivity index (χ1v) is 7.33. The molecule has 0 saturated carbocycles. The lowest BCUT2D eigenvalue weighted by molar-refractivity contribution is 0.318. The van der Waals surface area contributed by atoms with Crippen molar-refractivity contribution in [2.24, 2.45) is 5.16 Å². The Morgan fingerprint density at radius 1 is 1.35 bits per heavy atom. The van der Waals surface area contributed by atoms with E-state index in [-0.39, 0.29) is 5.71 Å². The average Bonchev–Trinajstić information content (AvgIpc) is 2.25. The minimum Gasteiger partial charge on any atom is -0.411 e. The van der Waals surface area contributed by atoms with E-state index >= 15 is 0 Å². The van der Waals surface area contributed by atoms with Crippen LogP contribution in [0.25, 0.3) is 0 Å². The summed E-state index contributed by atoms with van der Waals surface area (Å²) in [6.45, 7) is 3.69. The highest BCUT2D eigenvalue weighted by atomic mass is 32.2. The molecule has 1 aromatic carbocycles. The van der Waals surface area contributed by atoms with Crippen LogP contribution in [0.3, 0.4) is 0 Å². The molecule has 1 aromatic rings. The van der Waals surface area contributed by atoms with E-state index < -0.39 is 15.1 Å². The van der Waals surface area contributed by atoms with Crippen molar-refractivity contribution in [3.8, 4) is 0 Å². The number of nitrogens with zero attached hydrogens (tertiary/aromatic N) is 1. The molecule has 0 heterocycles. The van der Waals surface area contributed by atoms with E-state index in [0.717, 1.165) is 11.8 Å². The average molecular weight is 255 g/mol. The largest absolute Gasteiger partial charge is 0.411 e. The molecule has 0 spiro atoms. The van der Waals surface area contributed by atoms with Gasteiger partial charge in [-0.05, 0) is 13.3 Å². The molecular weight excluding hydrogens is 238 g/mol. The standard InChI is InChI=1S/C12H17NO3S/c1-4-11(17(3,15)16)12(13-14)10-7-5-9(2)6-8-10/h5-8,11,14H,4H2,1-3H3. The first-order chi connectivity index (χ1) is 7.90. The van der Waals surface area contributed by atoms with Crippen molar-refractivity contribution in [3.05, 3.63) is 35.4 Å². The lowest BCUT2D eigenvalue weighted by Gasteiger charge is -2.14. The van der Waals surface area contributed by atoms with E-state index in [1.54, 1.807) is 19.1 Å². The zero-order valence-corrected chi connectivity index (χ0v) is 11.0. The van der Waals surface area contributed by atoms with Gasteiger partial charge in [-0.25, -0.2) is 8.42 Å². The van der Waals surface area contributed by atoms with Crippen LogP contribution in [0.1, 0.15) is 24.5 Å². The van der Waals surface area contributed by atoms with E-state index in [0.29, 0.717) is 12.0 Å². The zero-order chi connectivity index (χ0) is 13.1. The van der Waals surface area contributed by atoms with Crippen LogP contribution < -0.4 is 0 Å². The number of rotatable bonds is 4. The third-order valence-corrected chi connectivity index (χ3v) is 4.24. The molecule has 0 fully saturated rings. The molecule has 0 bridgehead atoms. The molecule has 1 atom stereocenters. The Labute approximate surface area is 102 Å². The molecule has 0 radical (unpaired) electrons. The van der Waals surface area contributed by atoms with Crippen molar-refractivity contribution in [1.29, 1.82) is 0 Å². The minimum absolute atomic E-state index is 0.204. The van der Waals surface area contributed by atoms with E-state index in [2.05, 4.69) is 5.16 Å². The molecule has 17 heavy (non-hydrogen) atoms. The van der Waals surface area contributed by atoms with Gasteiger partial charge in [0.2, 0.25) is 0 Å². The summed E-state index contributed by atoms with van der Waals surface area (Å²) < 4.78 is 23.2. The number of aryl methyl sites for hydroxylation is 1. The molecule has 1 N–H and O–H groups in total. The molecule has 1 unspecified atom stereocenters. The van der Waals surface area contributed by atoms with Crippen molar-refractivity contribution in [2.75, 3.05) is 6.26 Å². The Morgan fingerprint density at radius 2 is 1.88 bits per heavy atom. The second-order valence-electron chi connectivity index (χ2n) is 4.08. The quantitative estimate of drug-likeness (QED) is 0.508. The van der Waals surface area contributed by atoms with Crippen LogP contribution in [0.15, 0.2) is 29.4 Å². The highest BCUT2D eigenvalue weighted by Gasteiger charge is 2.26. The molecule has 0 aliphatic carbocycles. The van der Waals surface area contributed by atoms with E-state index in [1.807, 2.05) is 19.1 Å². The second-order valence-corrected chi connectivity index (χ2v) is 6.31. The summed E-state index contributed by atoms with van der Waals surface area (Å²) in [5.74, 6) is 0. The second kappa shape index (κ2) is 5.31. The zero-order valence-electron chi connectivity index (χ0n) is 10.2. The van der Waals surface area contributed by atoms with E-state index in [9.17, 15) is 8.42 Å². The first kappa shape index (κ1) is 13.7. The van der Waals surface area contributed by atoms with Gasteiger partial charge in [-0.3, -0.25) is 0 Å². The summed E-state index contributed by atoms with van der Waals surface area (Å²) in [6.07, 6.45) is 1.53. The monoisotopic (exact) mass is 255 g/mol. The molecule has 0 aromatic heterocycles. The fourth-order valence-corrected chi connectivity index (χ4v) is 2.93. The lowest BCUT2D eigenvalue weighted by atomic mass is 10.0. The first-order valence-electron chi connectivity index (χ1n) is 5.38. The molecular formula is C12H17NO3S. The highest BCUT2D eigenvalue weighted by Crippen LogP contribution is 2.14. The molecule has 0 saturated heterocycles. The topological polar surface area (TPSA) is 66.7 Å². The normalized spacial score (nSPS) is 14.6. The fraction of sp³-hybridized carbons (Fsp3) is 0.417. The Morgan fingerprint density at radius 3 is 2.24 bits per heavy atom. The van der Waals surface area contributed by atoms with Crippen molar-refractivity contribution in [3.63, 3.8) is 0 Å². The van der Waals surface area contributed by atoms with Gasteiger partial charge in [0.1, 0.15) is 11.0 Å². The smallest absolute Gasteiger partial charge is 0.156 e. The highest BCUT2D eigenvalue weighted by molar-refractivity contribution is 7.92. The van der Waals surface area contributed by atoms with Gasteiger partial charge in [0.05, 0.1) is 0 Å². The van der Waals surface area contributed by atoms with Crippen LogP contribution in [0.4, 0.5) is 0 Å². The fourth-order valence-electron chi connectivity index (χ4n) is 1.73. The molecule has 0 aliphatic rings. The van der Waals surface area contributed by atoms with Gasteiger partial charge in [-0.1, -0.05) is 41.9 Å². The van der Waals surface area contributed by atoms with Crippen LogP contribution >= 0.6 is 0 Å². The van der Waals surface area contributed by atoms with Crippen molar-refractivity contribution in [1.82, 2.24) is 0 Å². The lowest BCUT2D eigenvalue weighted by Crippen LogP contribution is -2.29. The number of benzene rings is 1. The van der Waals surface area contributed by atoms with Gasteiger partial charge in [0.15, 0.2) is 9.84 Å². The third-order valence-electron chi connectivity index (χ3n) is 2.65. The summed E-state index contributed by atoms with van der Waals surface area (Å²) in [6, 6.07) is 7.24.